The third kappa shape index (κ3) is 4.22. The summed E-state index contributed by atoms with van der Waals surface area (Å²) in [5, 5.41) is 0.721. The van der Waals surface area contributed by atoms with Crippen LogP contribution in [0.5, 0.6) is 11.5 Å². The van der Waals surface area contributed by atoms with E-state index in [1.54, 1.807) is 12.1 Å². The first kappa shape index (κ1) is 18.6. The summed E-state index contributed by atoms with van der Waals surface area (Å²) in [6.07, 6.45) is 0.619. The smallest absolute Gasteiger partial charge is 0.315 e. The number of rotatable bonds is 5. The molecule has 28 heavy (non-hydrogen) atoms. The molecule has 2 aliphatic heterocycles. The van der Waals surface area contributed by atoms with Crippen molar-refractivity contribution in [3.05, 3.63) is 53.1 Å². The molecular formula is C21H21ClN2O4. The topological polar surface area (TPSA) is 59.1 Å². The Bertz CT molecular complexity index is 876. The van der Waals surface area contributed by atoms with E-state index in [-0.39, 0.29) is 11.9 Å². The first-order valence-electron chi connectivity index (χ1n) is 9.33. The lowest BCUT2D eigenvalue weighted by molar-refractivity contribution is -0.132. The normalized spacial score (nSPS) is 16.0. The first-order valence-corrected chi connectivity index (χ1v) is 9.71. The minimum Gasteiger partial charge on any atom is -0.493 e. The summed E-state index contributed by atoms with van der Waals surface area (Å²) in [6.45, 7) is 3.27. The molecule has 0 aliphatic carbocycles. The van der Waals surface area contributed by atoms with E-state index in [1.807, 2.05) is 35.2 Å². The second-order valence-electron chi connectivity index (χ2n) is 6.86. The molecule has 1 saturated heterocycles. The number of benzene rings is 2. The fourth-order valence-electron chi connectivity index (χ4n) is 3.46. The monoisotopic (exact) mass is 400 g/mol. The minimum absolute atomic E-state index is 0.0864. The van der Waals surface area contributed by atoms with Crippen molar-refractivity contribution in [1.82, 2.24) is 4.90 Å². The number of anilines is 1. The van der Waals surface area contributed by atoms with E-state index >= 15 is 0 Å². The summed E-state index contributed by atoms with van der Waals surface area (Å²) in [4.78, 5) is 27.9. The molecule has 0 N–H and O–H groups in total. The van der Waals surface area contributed by atoms with Crippen LogP contribution in [0.25, 0.3) is 0 Å². The molecule has 4 rings (SSSR count). The van der Waals surface area contributed by atoms with E-state index in [4.69, 9.17) is 21.1 Å². The molecule has 0 bridgehead atoms. The Kier molecular flexibility index (Phi) is 5.39. The summed E-state index contributed by atoms with van der Waals surface area (Å²) in [7, 11) is 0. The second kappa shape index (κ2) is 8.10. The molecule has 1 amide bonds. The Morgan fingerprint density at radius 1 is 1.07 bits per heavy atom. The number of carbonyl (C=O) groups is 2. The molecule has 1 fully saturated rings. The van der Waals surface area contributed by atoms with Gasteiger partial charge >= 0.3 is 5.97 Å². The van der Waals surface area contributed by atoms with E-state index in [2.05, 4.69) is 4.90 Å². The molecule has 0 atom stereocenters. The van der Waals surface area contributed by atoms with Gasteiger partial charge in [0.15, 0.2) is 0 Å². The number of fused-ring (bicyclic) bond motifs is 1. The van der Waals surface area contributed by atoms with Gasteiger partial charge in [-0.2, -0.15) is 0 Å². The number of amides is 1. The van der Waals surface area contributed by atoms with Gasteiger partial charge < -0.3 is 19.3 Å². The molecular weight excluding hydrogens is 380 g/mol. The summed E-state index contributed by atoms with van der Waals surface area (Å²) in [5.41, 5.74) is 1.99. The van der Waals surface area contributed by atoms with Crippen molar-refractivity contribution >= 4 is 29.2 Å². The number of halogens is 1. The lowest BCUT2D eigenvalue weighted by Crippen LogP contribution is -2.49. The van der Waals surface area contributed by atoms with Crippen LogP contribution < -0.4 is 14.4 Å². The molecule has 2 heterocycles. The average molecular weight is 401 g/mol. The molecule has 0 saturated carbocycles. The fourth-order valence-corrected chi connectivity index (χ4v) is 3.59. The quantitative estimate of drug-likeness (QED) is 0.570. The largest absolute Gasteiger partial charge is 0.493 e. The Labute approximate surface area is 168 Å². The lowest BCUT2D eigenvalue weighted by atomic mass is 10.1. The molecule has 0 aromatic heterocycles. The van der Waals surface area contributed by atoms with E-state index < -0.39 is 0 Å². The van der Waals surface area contributed by atoms with Gasteiger partial charge in [-0.1, -0.05) is 17.7 Å². The highest BCUT2D eigenvalue weighted by Crippen LogP contribution is 2.30. The predicted molar refractivity (Wildman–Crippen MR) is 106 cm³/mol. The lowest BCUT2D eigenvalue weighted by Gasteiger charge is -2.36. The summed E-state index contributed by atoms with van der Waals surface area (Å²) in [6, 6.07) is 13.1. The number of carbonyl (C=O) groups excluding carboxylic acids is 2. The molecule has 2 aromatic rings. The molecule has 2 aromatic carbocycles. The van der Waals surface area contributed by atoms with Crippen LogP contribution in [-0.4, -0.2) is 49.6 Å². The van der Waals surface area contributed by atoms with E-state index in [0.717, 1.165) is 29.4 Å². The van der Waals surface area contributed by atoms with Crippen LogP contribution in [0.3, 0.4) is 0 Å². The van der Waals surface area contributed by atoms with Crippen LogP contribution in [0, 0.1) is 0 Å². The van der Waals surface area contributed by atoms with Gasteiger partial charge in [0, 0.05) is 48.5 Å². The zero-order valence-electron chi connectivity index (χ0n) is 15.4. The average Bonchev–Trinajstić information content (AvgIpc) is 3.08. The third-order valence-electron chi connectivity index (χ3n) is 5.01. The number of hydrogen-bond donors (Lipinski definition) is 0. The van der Waals surface area contributed by atoms with E-state index in [0.29, 0.717) is 44.0 Å². The third-order valence-corrected chi connectivity index (χ3v) is 5.26. The summed E-state index contributed by atoms with van der Waals surface area (Å²) in [5.74, 6) is 0.990. The van der Waals surface area contributed by atoms with Gasteiger partial charge in [0.05, 0.1) is 19.4 Å². The van der Waals surface area contributed by atoms with Gasteiger partial charge in [-0.3, -0.25) is 9.59 Å². The zero-order valence-corrected chi connectivity index (χ0v) is 16.2. The maximum atomic E-state index is 12.4. The maximum Gasteiger partial charge on any atom is 0.315 e. The highest BCUT2D eigenvalue weighted by molar-refractivity contribution is 6.30. The van der Waals surface area contributed by atoms with Gasteiger partial charge in [-0.05, 0) is 30.3 Å². The van der Waals surface area contributed by atoms with Crippen molar-refractivity contribution in [1.29, 1.82) is 0 Å². The highest BCUT2D eigenvalue weighted by Gasteiger charge is 2.22. The molecule has 0 radical (unpaired) electrons. The Morgan fingerprint density at radius 2 is 1.82 bits per heavy atom. The molecule has 146 valence electrons. The Morgan fingerprint density at radius 3 is 2.57 bits per heavy atom. The number of piperazine rings is 1. The summed E-state index contributed by atoms with van der Waals surface area (Å²) < 4.78 is 10.8. The molecule has 7 heteroatoms. The maximum absolute atomic E-state index is 12.4. The van der Waals surface area contributed by atoms with Crippen molar-refractivity contribution in [2.24, 2.45) is 0 Å². The number of esters is 1. The highest BCUT2D eigenvalue weighted by atomic mass is 35.5. The fraction of sp³-hybridized carbons (Fsp3) is 0.333. The molecule has 6 nitrogen and oxygen atoms in total. The van der Waals surface area contributed by atoms with Crippen LogP contribution in [0.15, 0.2) is 42.5 Å². The van der Waals surface area contributed by atoms with Crippen molar-refractivity contribution in [3.63, 3.8) is 0 Å². The Balaban J connectivity index is 1.22. The van der Waals surface area contributed by atoms with Gasteiger partial charge in [-0.15, -0.1) is 0 Å². The minimum atomic E-state index is -0.250. The van der Waals surface area contributed by atoms with Gasteiger partial charge in [0.2, 0.25) is 5.91 Å². The molecule has 2 aliphatic rings. The Hall–Kier alpha value is -2.73. The van der Waals surface area contributed by atoms with Crippen molar-refractivity contribution < 1.29 is 19.1 Å². The molecule has 0 spiro atoms. The van der Waals surface area contributed by atoms with Crippen LogP contribution in [-0.2, 0) is 16.0 Å². The number of nitrogens with zero attached hydrogens (tertiary/aromatic N) is 2. The number of hydrogen-bond acceptors (Lipinski definition) is 5. The zero-order chi connectivity index (χ0) is 19.5. The van der Waals surface area contributed by atoms with Crippen molar-refractivity contribution in [3.8, 4) is 11.5 Å². The SMILES string of the molecule is O=C1Cc2ccc(OCCC(=O)N3CCN(c4ccc(Cl)cc4)CC3)cc2O1. The van der Waals surface area contributed by atoms with Crippen LogP contribution in [0.1, 0.15) is 12.0 Å². The van der Waals surface area contributed by atoms with Gasteiger partial charge in [0.1, 0.15) is 11.5 Å². The summed E-state index contributed by atoms with van der Waals surface area (Å²) >= 11 is 5.94. The molecule has 0 unspecified atom stereocenters. The van der Waals surface area contributed by atoms with E-state index in [9.17, 15) is 9.59 Å². The standard InChI is InChI=1S/C21H21ClN2O4/c22-16-2-4-17(5-3-16)23-8-10-24(11-9-23)20(25)7-12-27-18-6-1-15-13-21(26)28-19(15)14-18/h1-6,14H,7-13H2. The van der Waals surface area contributed by atoms with Crippen molar-refractivity contribution in [2.75, 3.05) is 37.7 Å². The van der Waals surface area contributed by atoms with Gasteiger partial charge in [-0.25, -0.2) is 0 Å². The first-order chi connectivity index (χ1) is 13.6. The van der Waals surface area contributed by atoms with Crippen LogP contribution in [0.2, 0.25) is 5.02 Å². The van der Waals surface area contributed by atoms with Crippen molar-refractivity contribution in [2.45, 2.75) is 12.8 Å². The number of ether oxygens (including phenoxy) is 2. The predicted octanol–water partition coefficient (Wildman–Crippen LogP) is 2.92. The van der Waals surface area contributed by atoms with Gasteiger partial charge in [0.25, 0.3) is 0 Å². The van der Waals surface area contributed by atoms with Crippen LogP contribution >= 0.6 is 11.6 Å². The van der Waals surface area contributed by atoms with E-state index in [1.165, 1.54) is 0 Å². The van der Waals surface area contributed by atoms with Crippen LogP contribution in [0.4, 0.5) is 5.69 Å². The second-order valence-corrected chi connectivity index (χ2v) is 7.30.